The van der Waals surface area contributed by atoms with E-state index in [1.165, 1.54) is 20.6 Å². The highest BCUT2D eigenvalue weighted by molar-refractivity contribution is 7.16. The number of nitriles is 1. The minimum Gasteiger partial charge on any atom is -0.317 e. The van der Waals surface area contributed by atoms with Crippen molar-refractivity contribution in [1.29, 1.82) is 5.26 Å². The molecular weight excluding hydrogens is 412 g/mol. The number of aryl methyl sites for hydroxylation is 4. The van der Waals surface area contributed by atoms with Crippen LogP contribution >= 0.6 is 11.3 Å². The molecule has 10 heteroatoms. The summed E-state index contributed by atoms with van der Waals surface area (Å²) in [5, 5.41) is 17.2. The number of alkyl halides is 2. The SMILES string of the molecule is Cc1c2c(C(F)F)cc(=O)n(CCC(=O)Nc3sc4c(c3C#N)CCC4)c2nn1C. The van der Waals surface area contributed by atoms with E-state index in [1.54, 1.807) is 14.0 Å². The van der Waals surface area contributed by atoms with Crippen molar-refractivity contribution in [3.05, 3.63) is 43.7 Å². The van der Waals surface area contributed by atoms with Crippen LogP contribution in [0, 0.1) is 18.3 Å². The minimum absolute atomic E-state index is 0.00584. The molecule has 0 bridgehead atoms. The highest BCUT2D eigenvalue weighted by Gasteiger charge is 2.24. The van der Waals surface area contributed by atoms with Gasteiger partial charge in [0.05, 0.1) is 5.56 Å². The average Bonchev–Trinajstić information content (AvgIpc) is 3.34. The lowest BCUT2D eigenvalue weighted by atomic mass is 10.1. The number of nitrogens with one attached hydrogen (secondary N) is 1. The first-order chi connectivity index (χ1) is 14.3. The molecule has 0 radical (unpaired) electrons. The number of nitrogens with zero attached hydrogens (tertiary/aromatic N) is 4. The lowest BCUT2D eigenvalue weighted by molar-refractivity contribution is -0.116. The second kappa shape index (κ2) is 7.65. The second-order valence-corrected chi connectivity index (χ2v) is 8.37. The molecule has 0 atom stereocenters. The van der Waals surface area contributed by atoms with Crippen LogP contribution in [-0.2, 0) is 31.2 Å². The smallest absolute Gasteiger partial charge is 0.264 e. The Labute approximate surface area is 174 Å². The fourth-order valence-corrected chi connectivity index (χ4v) is 5.16. The van der Waals surface area contributed by atoms with Gasteiger partial charge in [-0.05, 0) is 31.7 Å². The van der Waals surface area contributed by atoms with Crippen molar-refractivity contribution in [2.45, 2.75) is 45.6 Å². The fraction of sp³-hybridized carbons (Fsp3) is 0.400. The van der Waals surface area contributed by atoms with Crippen LogP contribution < -0.4 is 10.9 Å². The fourth-order valence-electron chi connectivity index (χ4n) is 3.91. The van der Waals surface area contributed by atoms with Crippen molar-refractivity contribution in [2.24, 2.45) is 7.05 Å². The first-order valence-corrected chi connectivity index (χ1v) is 10.3. The van der Waals surface area contributed by atoms with E-state index < -0.39 is 12.0 Å². The summed E-state index contributed by atoms with van der Waals surface area (Å²) < 4.78 is 29.5. The van der Waals surface area contributed by atoms with Crippen LogP contribution in [0.5, 0.6) is 0 Å². The molecule has 30 heavy (non-hydrogen) atoms. The molecule has 4 rings (SSSR count). The number of fused-ring (bicyclic) bond motifs is 2. The van der Waals surface area contributed by atoms with Crippen molar-refractivity contribution < 1.29 is 13.6 Å². The van der Waals surface area contributed by atoms with Gasteiger partial charge in [-0.3, -0.25) is 18.8 Å². The number of carbonyl (C=O) groups excluding carboxylic acids is 1. The number of halogens is 2. The predicted octanol–water partition coefficient (Wildman–Crippen LogP) is 3.43. The van der Waals surface area contributed by atoms with Gasteiger partial charge < -0.3 is 5.32 Å². The molecule has 7 nitrogen and oxygen atoms in total. The molecule has 0 aromatic carbocycles. The quantitative estimate of drug-likeness (QED) is 0.670. The summed E-state index contributed by atoms with van der Waals surface area (Å²) in [6.45, 7) is 1.65. The Morgan fingerprint density at radius 3 is 2.90 bits per heavy atom. The third-order valence-electron chi connectivity index (χ3n) is 5.49. The Morgan fingerprint density at radius 2 is 2.20 bits per heavy atom. The molecule has 0 saturated carbocycles. The maximum absolute atomic E-state index is 13.4. The molecular formula is C20H19F2N5O2S. The largest absolute Gasteiger partial charge is 0.317 e. The van der Waals surface area contributed by atoms with E-state index in [4.69, 9.17) is 0 Å². The lowest BCUT2D eigenvalue weighted by Gasteiger charge is -2.10. The summed E-state index contributed by atoms with van der Waals surface area (Å²) in [7, 11) is 1.62. The van der Waals surface area contributed by atoms with E-state index in [1.807, 2.05) is 0 Å². The highest BCUT2D eigenvalue weighted by atomic mass is 32.1. The van der Waals surface area contributed by atoms with Crippen LogP contribution in [0.1, 0.15) is 46.5 Å². The van der Waals surface area contributed by atoms with Crippen LogP contribution in [0.15, 0.2) is 10.9 Å². The maximum atomic E-state index is 13.4. The van der Waals surface area contributed by atoms with Crippen LogP contribution in [0.2, 0.25) is 0 Å². The van der Waals surface area contributed by atoms with Crippen LogP contribution in [0.25, 0.3) is 11.0 Å². The van der Waals surface area contributed by atoms with Gasteiger partial charge in [0.15, 0.2) is 5.65 Å². The van der Waals surface area contributed by atoms with Gasteiger partial charge in [0, 0.05) is 47.6 Å². The van der Waals surface area contributed by atoms with Crippen molar-refractivity contribution in [2.75, 3.05) is 5.32 Å². The maximum Gasteiger partial charge on any atom is 0.264 e. The van der Waals surface area contributed by atoms with E-state index in [0.29, 0.717) is 16.3 Å². The zero-order valence-corrected chi connectivity index (χ0v) is 17.3. The predicted molar refractivity (Wildman–Crippen MR) is 109 cm³/mol. The van der Waals surface area contributed by atoms with Gasteiger partial charge in [0.1, 0.15) is 11.1 Å². The normalized spacial score (nSPS) is 13.1. The number of anilines is 1. The first kappa shape index (κ1) is 20.2. The molecule has 1 aliphatic rings. The van der Waals surface area contributed by atoms with Gasteiger partial charge in [0.25, 0.3) is 12.0 Å². The summed E-state index contributed by atoms with van der Waals surface area (Å²) in [6, 6.07) is 3.08. The number of amides is 1. The molecule has 0 unspecified atom stereocenters. The first-order valence-electron chi connectivity index (χ1n) is 9.51. The molecule has 0 saturated heterocycles. The zero-order chi connectivity index (χ0) is 21.6. The number of rotatable bonds is 5. The van der Waals surface area contributed by atoms with Crippen LogP contribution in [-0.4, -0.2) is 20.3 Å². The number of carbonyl (C=O) groups is 1. The monoisotopic (exact) mass is 431 g/mol. The van der Waals surface area contributed by atoms with Crippen molar-refractivity contribution in [3.8, 4) is 6.07 Å². The number of pyridine rings is 1. The number of hydrogen-bond donors (Lipinski definition) is 1. The summed E-state index contributed by atoms with van der Waals surface area (Å²) in [5.74, 6) is -0.350. The highest BCUT2D eigenvalue weighted by Crippen LogP contribution is 2.38. The van der Waals surface area contributed by atoms with Gasteiger partial charge in [-0.2, -0.15) is 10.4 Å². The van der Waals surface area contributed by atoms with Crippen LogP contribution in [0.4, 0.5) is 13.8 Å². The van der Waals surface area contributed by atoms with Gasteiger partial charge >= 0.3 is 0 Å². The molecule has 156 valence electrons. The molecule has 3 heterocycles. The molecule has 1 amide bonds. The van der Waals surface area contributed by atoms with E-state index in [2.05, 4.69) is 16.5 Å². The van der Waals surface area contributed by atoms with Gasteiger partial charge in [-0.1, -0.05) is 0 Å². The molecule has 0 spiro atoms. The van der Waals surface area contributed by atoms with Gasteiger partial charge in [0.2, 0.25) is 5.91 Å². The van der Waals surface area contributed by atoms with Crippen molar-refractivity contribution in [3.63, 3.8) is 0 Å². The number of hydrogen-bond acceptors (Lipinski definition) is 5. The van der Waals surface area contributed by atoms with Gasteiger partial charge in [-0.15, -0.1) is 11.3 Å². The Hall–Kier alpha value is -3.06. The average molecular weight is 431 g/mol. The Kier molecular flexibility index (Phi) is 5.15. The molecule has 3 aromatic heterocycles. The van der Waals surface area contributed by atoms with Gasteiger partial charge in [-0.25, -0.2) is 8.78 Å². The Bertz CT molecular complexity index is 1270. The Morgan fingerprint density at radius 1 is 1.43 bits per heavy atom. The van der Waals surface area contributed by atoms with E-state index in [0.717, 1.165) is 35.8 Å². The third-order valence-corrected chi connectivity index (χ3v) is 6.70. The molecule has 0 aliphatic heterocycles. The van der Waals surface area contributed by atoms with Crippen LogP contribution in [0.3, 0.4) is 0 Å². The second-order valence-electron chi connectivity index (χ2n) is 7.27. The summed E-state index contributed by atoms with van der Waals surface area (Å²) >= 11 is 1.42. The summed E-state index contributed by atoms with van der Waals surface area (Å²) in [5.41, 5.74) is 1.21. The summed E-state index contributed by atoms with van der Waals surface area (Å²) in [4.78, 5) is 26.1. The number of thiophene rings is 1. The van der Waals surface area contributed by atoms with Crippen molar-refractivity contribution >= 4 is 33.3 Å². The van der Waals surface area contributed by atoms with Crippen molar-refractivity contribution in [1.82, 2.24) is 14.3 Å². The lowest BCUT2D eigenvalue weighted by Crippen LogP contribution is -2.24. The van der Waals surface area contributed by atoms with E-state index in [-0.39, 0.29) is 35.5 Å². The van der Waals surface area contributed by atoms with E-state index >= 15 is 0 Å². The molecule has 0 fully saturated rings. The standard InChI is InChI=1S/C20H19F2N5O2S/c1-10-17-12(18(21)22)8-16(29)27(19(17)25-26(10)2)7-6-15(28)24-20-13(9-23)11-4-3-5-14(11)30-20/h8,18H,3-7H2,1-2H3,(H,24,28). The molecule has 1 N–H and O–H groups in total. The molecule has 1 aliphatic carbocycles. The minimum atomic E-state index is -2.80. The zero-order valence-electron chi connectivity index (χ0n) is 16.5. The Balaban J connectivity index is 1.59. The summed E-state index contributed by atoms with van der Waals surface area (Å²) in [6.07, 6.45) is -0.0834. The molecule has 3 aromatic rings. The third kappa shape index (κ3) is 3.29. The topological polar surface area (TPSA) is 92.7 Å². The number of aromatic nitrogens is 3. The van der Waals surface area contributed by atoms with E-state index in [9.17, 15) is 23.6 Å².